The molecular weight excluding hydrogens is 490 g/mol. The standard InChI is InChI=1S/C24H26ClN5O4S/c1-14(2)11-19(27-22(32)17-9-4-5-10-18(17)25)21-28-29-24(30(21)3)35-13-20(31)26-16-8-6-7-15(12-16)23(33)34/h4-10,12,14,19H,11,13H2,1-3H3,(H,26,31)(H,27,32)(H,33,34)/t19-/m0/s1. The maximum atomic E-state index is 12.9. The van der Waals surface area contributed by atoms with Gasteiger partial charge in [0.25, 0.3) is 5.91 Å². The lowest BCUT2D eigenvalue weighted by Crippen LogP contribution is -2.31. The molecule has 0 fully saturated rings. The second kappa shape index (κ2) is 11.9. The number of aromatic carboxylic acids is 1. The second-order valence-electron chi connectivity index (χ2n) is 8.26. The fourth-order valence-electron chi connectivity index (χ4n) is 3.39. The van der Waals surface area contributed by atoms with E-state index >= 15 is 0 Å². The number of nitrogens with one attached hydrogen (secondary N) is 2. The number of benzene rings is 2. The first-order chi connectivity index (χ1) is 16.7. The Hall–Kier alpha value is -3.37. The molecule has 184 valence electrons. The summed E-state index contributed by atoms with van der Waals surface area (Å²) >= 11 is 7.37. The number of aromatic nitrogens is 3. The molecule has 3 rings (SSSR count). The van der Waals surface area contributed by atoms with Gasteiger partial charge in [0, 0.05) is 12.7 Å². The van der Waals surface area contributed by atoms with E-state index in [1.54, 1.807) is 48.0 Å². The molecule has 2 aromatic carbocycles. The summed E-state index contributed by atoms with van der Waals surface area (Å²) in [5.74, 6) is -0.804. The minimum atomic E-state index is -1.07. The number of rotatable bonds is 10. The van der Waals surface area contributed by atoms with E-state index in [1.807, 2.05) is 13.8 Å². The van der Waals surface area contributed by atoms with Crippen LogP contribution in [0, 0.1) is 5.92 Å². The molecule has 0 unspecified atom stereocenters. The summed E-state index contributed by atoms with van der Waals surface area (Å²) in [6.45, 7) is 4.09. The Morgan fingerprint density at radius 1 is 1.11 bits per heavy atom. The van der Waals surface area contributed by atoms with Crippen molar-refractivity contribution < 1.29 is 19.5 Å². The zero-order valence-corrected chi connectivity index (χ0v) is 21.1. The van der Waals surface area contributed by atoms with Gasteiger partial charge in [0.1, 0.15) is 0 Å². The van der Waals surface area contributed by atoms with Crippen molar-refractivity contribution in [3.8, 4) is 0 Å². The minimum Gasteiger partial charge on any atom is -0.478 e. The normalized spacial score (nSPS) is 11.8. The number of carbonyl (C=O) groups excluding carboxylic acids is 2. The predicted octanol–water partition coefficient (Wildman–Crippen LogP) is 4.41. The van der Waals surface area contributed by atoms with E-state index < -0.39 is 12.0 Å². The highest BCUT2D eigenvalue weighted by molar-refractivity contribution is 7.99. The number of carbonyl (C=O) groups is 3. The van der Waals surface area contributed by atoms with Gasteiger partial charge in [-0.3, -0.25) is 9.59 Å². The SMILES string of the molecule is CC(C)C[C@H](NC(=O)c1ccccc1Cl)c1nnc(SCC(=O)Nc2cccc(C(=O)O)c2)n1C. The number of hydrogen-bond acceptors (Lipinski definition) is 6. The van der Waals surface area contributed by atoms with Gasteiger partial charge in [0.05, 0.1) is 27.9 Å². The molecular formula is C24H26ClN5O4S. The van der Waals surface area contributed by atoms with Crippen LogP contribution in [0.4, 0.5) is 5.69 Å². The first-order valence-electron chi connectivity index (χ1n) is 10.9. The number of hydrogen-bond donors (Lipinski definition) is 3. The number of thioether (sulfide) groups is 1. The number of amides is 2. The molecule has 9 nitrogen and oxygen atoms in total. The van der Waals surface area contributed by atoms with Gasteiger partial charge in [0.2, 0.25) is 5.91 Å². The molecule has 0 saturated carbocycles. The molecule has 0 aliphatic heterocycles. The Kier molecular flexibility index (Phi) is 8.89. The summed E-state index contributed by atoms with van der Waals surface area (Å²) in [6.07, 6.45) is 0.632. The molecule has 0 saturated heterocycles. The summed E-state index contributed by atoms with van der Waals surface area (Å²) in [6, 6.07) is 12.4. The van der Waals surface area contributed by atoms with Crippen LogP contribution in [-0.2, 0) is 11.8 Å². The van der Waals surface area contributed by atoms with Crippen LogP contribution in [0.1, 0.15) is 52.9 Å². The van der Waals surface area contributed by atoms with E-state index in [2.05, 4.69) is 20.8 Å². The van der Waals surface area contributed by atoms with Crippen molar-refractivity contribution in [1.82, 2.24) is 20.1 Å². The van der Waals surface area contributed by atoms with E-state index in [0.717, 1.165) is 0 Å². The van der Waals surface area contributed by atoms with Gasteiger partial charge in [-0.05, 0) is 42.7 Å². The van der Waals surface area contributed by atoms with Crippen molar-refractivity contribution in [1.29, 1.82) is 0 Å². The lowest BCUT2D eigenvalue weighted by molar-refractivity contribution is -0.113. The summed E-state index contributed by atoms with van der Waals surface area (Å²) in [5, 5.41) is 24.1. The van der Waals surface area contributed by atoms with Crippen LogP contribution in [0.15, 0.2) is 53.7 Å². The maximum absolute atomic E-state index is 12.9. The zero-order chi connectivity index (χ0) is 25.5. The fourth-order valence-corrected chi connectivity index (χ4v) is 4.33. The van der Waals surface area contributed by atoms with Crippen LogP contribution < -0.4 is 10.6 Å². The zero-order valence-electron chi connectivity index (χ0n) is 19.5. The molecule has 11 heteroatoms. The first kappa shape index (κ1) is 26.2. The lowest BCUT2D eigenvalue weighted by atomic mass is 10.0. The van der Waals surface area contributed by atoms with E-state index in [9.17, 15) is 14.4 Å². The summed E-state index contributed by atoms with van der Waals surface area (Å²) in [7, 11) is 1.78. The minimum absolute atomic E-state index is 0.0457. The van der Waals surface area contributed by atoms with Crippen molar-refractivity contribution >= 4 is 46.8 Å². The van der Waals surface area contributed by atoms with Crippen LogP contribution in [0.25, 0.3) is 0 Å². The highest BCUT2D eigenvalue weighted by atomic mass is 35.5. The van der Waals surface area contributed by atoms with Crippen LogP contribution in [0.2, 0.25) is 5.02 Å². The summed E-state index contributed by atoms with van der Waals surface area (Å²) < 4.78 is 1.75. The number of carboxylic acid groups (broad SMARTS) is 1. The van der Waals surface area contributed by atoms with Gasteiger partial charge in [-0.25, -0.2) is 4.79 Å². The van der Waals surface area contributed by atoms with Gasteiger partial charge in [-0.1, -0.05) is 55.4 Å². The quantitative estimate of drug-likeness (QED) is 0.341. The number of nitrogens with zero attached hydrogens (tertiary/aromatic N) is 3. The van der Waals surface area contributed by atoms with Gasteiger partial charge >= 0.3 is 5.97 Å². The Morgan fingerprint density at radius 2 is 1.86 bits per heavy atom. The molecule has 35 heavy (non-hydrogen) atoms. The fraction of sp³-hybridized carbons (Fsp3) is 0.292. The Labute approximate surface area is 212 Å². The van der Waals surface area contributed by atoms with Crippen molar-refractivity contribution in [3.63, 3.8) is 0 Å². The van der Waals surface area contributed by atoms with Crippen LogP contribution in [0.5, 0.6) is 0 Å². The van der Waals surface area contributed by atoms with E-state index in [4.69, 9.17) is 16.7 Å². The molecule has 0 spiro atoms. The molecule has 1 atom stereocenters. The van der Waals surface area contributed by atoms with Crippen molar-refractivity contribution in [2.24, 2.45) is 13.0 Å². The maximum Gasteiger partial charge on any atom is 0.335 e. The Bertz CT molecular complexity index is 1230. The van der Waals surface area contributed by atoms with E-state index in [-0.39, 0.29) is 29.0 Å². The van der Waals surface area contributed by atoms with Crippen molar-refractivity contribution in [3.05, 3.63) is 70.5 Å². The van der Waals surface area contributed by atoms with E-state index in [1.165, 1.54) is 23.9 Å². The van der Waals surface area contributed by atoms with Crippen LogP contribution in [0.3, 0.4) is 0 Å². The van der Waals surface area contributed by atoms with Gasteiger partial charge < -0.3 is 20.3 Å². The Morgan fingerprint density at radius 3 is 2.54 bits per heavy atom. The third kappa shape index (κ3) is 7.06. The van der Waals surface area contributed by atoms with Crippen LogP contribution >= 0.6 is 23.4 Å². The largest absolute Gasteiger partial charge is 0.478 e. The monoisotopic (exact) mass is 515 g/mol. The molecule has 3 aromatic rings. The van der Waals surface area contributed by atoms with Gasteiger partial charge in [0.15, 0.2) is 11.0 Å². The smallest absolute Gasteiger partial charge is 0.335 e. The summed E-state index contributed by atoms with van der Waals surface area (Å²) in [5.41, 5.74) is 0.861. The highest BCUT2D eigenvalue weighted by Gasteiger charge is 2.24. The first-order valence-corrected chi connectivity index (χ1v) is 12.2. The Balaban J connectivity index is 1.68. The van der Waals surface area contributed by atoms with Crippen molar-refractivity contribution in [2.45, 2.75) is 31.5 Å². The molecule has 0 aliphatic rings. The molecule has 3 N–H and O–H groups in total. The average Bonchev–Trinajstić information content (AvgIpc) is 3.17. The molecule has 0 bridgehead atoms. The predicted molar refractivity (Wildman–Crippen MR) is 135 cm³/mol. The lowest BCUT2D eigenvalue weighted by Gasteiger charge is -2.20. The number of halogens is 1. The third-order valence-electron chi connectivity index (χ3n) is 5.04. The molecule has 1 aromatic heterocycles. The molecule has 1 heterocycles. The molecule has 0 radical (unpaired) electrons. The number of carboxylic acids is 1. The third-order valence-corrected chi connectivity index (χ3v) is 6.39. The van der Waals surface area contributed by atoms with Gasteiger partial charge in [-0.15, -0.1) is 10.2 Å². The van der Waals surface area contributed by atoms with Gasteiger partial charge in [-0.2, -0.15) is 0 Å². The van der Waals surface area contributed by atoms with E-state index in [0.29, 0.717) is 33.7 Å². The summed E-state index contributed by atoms with van der Waals surface area (Å²) in [4.78, 5) is 36.4. The number of anilines is 1. The molecule has 2 amide bonds. The highest BCUT2D eigenvalue weighted by Crippen LogP contribution is 2.25. The second-order valence-corrected chi connectivity index (χ2v) is 9.61. The van der Waals surface area contributed by atoms with Crippen LogP contribution in [-0.4, -0.2) is 43.4 Å². The molecule has 0 aliphatic carbocycles. The van der Waals surface area contributed by atoms with Crippen molar-refractivity contribution in [2.75, 3.05) is 11.1 Å². The topological polar surface area (TPSA) is 126 Å². The average molecular weight is 516 g/mol.